The second-order valence-corrected chi connectivity index (χ2v) is 10.1. The number of nitrogens with zero attached hydrogens (tertiary/aromatic N) is 1. The maximum atomic E-state index is 12.5. The highest BCUT2D eigenvalue weighted by atomic mass is 35.5. The van der Waals surface area contributed by atoms with E-state index in [-0.39, 0.29) is 35.4 Å². The summed E-state index contributed by atoms with van der Waals surface area (Å²) in [7, 11) is -3.10. The molecule has 2 aromatic rings. The zero-order chi connectivity index (χ0) is 27.0. The van der Waals surface area contributed by atoms with Crippen molar-refractivity contribution >= 4 is 30.9 Å². The van der Waals surface area contributed by atoms with E-state index in [0.29, 0.717) is 11.9 Å². The highest BCUT2D eigenvalue weighted by Gasteiger charge is 2.31. The van der Waals surface area contributed by atoms with E-state index in [4.69, 9.17) is 41.9 Å². The van der Waals surface area contributed by atoms with Crippen molar-refractivity contribution in [1.82, 2.24) is 11.1 Å². The number of hydrogen-bond acceptors (Lipinski definition) is 8. The van der Waals surface area contributed by atoms with Gasteiger partial charge < -0.3 is 36.5 Å². The van der Waals surface area contributed by atoms with Crippen molar-refractivity contribution in [2.75, 3.05) is 12.8 Å². The maximum absolute atomic E-state index is 12.5. The summed E-state index contributed by atoms with van der Waals surface area (Å²) in [6, 6.07) is 5.48. The number of carboxylic acid groups (broad SMARTS) is 2. The first-order valence-electron chi connectivity index (χ1n) is 9.67. The van der Waals surface area contributed by atoms with Gasteiger partial charge >= 0.3 is 18.1 Å². The lowest BCUT2D eigenvalue weighted by Crippen LogP contribution is -2.30. The zero-order valence-corrected chi connectivity index (χ0v) is 20.8. The Morgan fingerprint density at radius 3 is 2.11 bits per heavy atom. The lowest BCUT2D eigenvalue weighted by molar-refractivity contribution is -0.144. The first-order chi connectivity index (χ1) is 16.0. The molecule has 2 rings (SSSR count). The van der Waals surface area contributed by atoms with Gasteiger partial charge in [0.1, 0.15) is 22.6 Å². The van der Waals surface area contributed by atoms with Crippen molar-refractivity contribution in [3.8, 4) is 17.4 Å². The number of pyridine rings is 1. The molecule has 0 saturated carbocycles. The van der Waals surface area contributed by atoms with E-state index < -0.39 is 43.2 Å². The second kappa shape index (κ2) is 14.0. The van der Waals surface area contributed by atoms with Crippen LogP contribution in [-0.4, -0.2) is 57.0 Å². The van der Waals surface area contributed by atoms with Gasteiger partial charge in [-0.3, -0.25) is 9.36 Å². The Morgan fingerprint density at radius 2 is 1.69 bits per heavy atom. The number of nitrogens with two attached hydrogens (primary N) is 1. The van der Waals surface area contributed by atoms with E-state index in [1.54, 1.807) is 0 Å². The van der Waals surface area contributed by atoms with E-state index >= 15 is 0 Å². The van der Waals surface area contributed by atoms with Crippen molar-refractivity contribution in [3.63, 3.8) is 0 Å². The van der Waals surface area contributed by atoms with Gasteiger partial charge in [0.05, 0.1) is 5.56 Å². The summed E-state index contributed by atoms with van der Waals surface area (Å²) in [4.78, 5) is 33.1. The molecular weight excluding hydrogens is 534 g/mol. The summed E-state index contributed by atoms with van der Waals surface area (Å²) < 4.78 is 58.7. The van der Waals surface area contributed by atoms with Crippen LogP contribution >= 0.6 is 19.0 Å². The predicted molar refractivity (Wildman–Crippen MR) is 124 cm³/mol. The molecule has 202 valence electrons. The van der Waals surface area contributed by atoms with Crippen molar-refractivity contribution in [1.29, 1.82) is 0 Å². The smallest absolute Gasteiger partial charge is 0.417 e. The van der Waals surface area contributed by atoms with Crippen molar-refractivity contribution in [3.05, 3.63) is 47.1 Å². The molecule has 0 aliphatic heterocycles. The van der Waals surface area contributed by atoms with Gasteiger partial charge in [-0.05, 0) is 43.7 Å². The fourth-order valence-corrected chi connectivity index (χ4v) is 3.07. The molecule has 0 amide bonds. The Morgan fingerprint density at radius 1 is 1.17 bits per heavy atom. The first-order valence-corrected chi connectivity index (χ1v) is 12.3. The molecule has 0 saturated heterocycles. The average Bonchev–Trinajstić information content (AvgIpc) is 2.73. The van der Waals surface area contributed by atoms with Gasteiger partial charge in [0.15, 0.2) is 13.5 Å². The molecule has 3 atom stereocenters. The van der Waals surface area contributed by atoms with E-state index in [1.807, 2.05) is 0 Å². The number of carboxylic acids is 2. The minimum Gasteiger partial charge on any atom is -0.480 e. The molecule has 1 heterocycles. The Hall–Kier alpha value is -2.90. The monoisotopic (exact) mass is 559 g/mol. The van der Waals surface area contributed by atoms with Crippen LogP contribution in [0, 0.1) is 0 Å². The summed E-state index contributed by atoms with van der Waals surface area (Å²) in [5.74, 6) is -1.89. The predicted octanol–water partition coefficient (Wildman–Crippen LogP) is 4.25. The molecule has 0 fully saturated rings. The fraction of sp³-hybridized carbons (Fsp3) is 0.350. The third-order valence-corrected chi connectivity index (χ3v) is 5.36. The molecule has 0 aliphatic carbocycles. The van der Waals surface area contributed by atoms with Crippen molar-refractivity contribution in [2.45, 2.75) is 31.7 Å². The number of ether oxygens (including phenoxy) is 2. The first kappa shape index (κ1) is 33.1. The van der Waals surface area contributed by atoms with Gasteiger partial charge in [-0.15, -0.1) is 0 Å². The van der Waals surface area contributed by atoms with Crippen LogP contribution in [0.3, 0.4) is 0 Å². The minimum atomic E-state index is -4.55. The van der Waals surface area contributed by atoms with E-state index in [1.165, 1.54) is 37.9 Å². The Kier molecular flexibility index (Phi) is 12.9. The molecular formula is C20H26ClF3N3O8P. The van der Waals surface area contributed by atoms with Crippen LogP contribution in [0.5, 0.6) is 17.4 Å². The molecule has 11 nitrogen and oxygen atoms in total. The summed E-state index contributed by atoms with van der Waals surface area (Å²) >= 11 is 5.74. The van der Waals surface area contributed by atoms with E-state index in [2.05, 4.69) is 4.98 Å². The summed E-state index contributed by atoms with van der Waals surface area (Å²) in [5.41, 5.74) is 4.11. The highest BCUT2D eigenvalue weighted by molar-refractivity contribution is 7.57. The normalized spacial score (nSPS) is 14.1. The third kappa shape index (κ3) is 12.2. The number of carbonyl (C=O) groups is 2. The molecule has 16 heteroatoms. The average molecular weight is 560 g/mol. The molecule has 0 aliphatic rings. The SMILES string of the molecule is CC(Oc1ccc(Oc2ncc(C(F)(F)F)cc2Cl)cc1)C(=O)O.CP(=O)(O)CCC(N)C(=O)O.N. The zero-order valence-electron chi connectivity index (χ0n) is 19.1. The number of benzene rings is 1. The molecule has 1 aromatic heterocycles. The third-order valence-electron chi connectivity index (χ3n) is 4.01. The Labute approximate surface area is 209 Å². The Balaban J connectivity index is 0.000000869. The van der Waals surface area contributed by atoms with Crippen molar-refractivity contribution < 1.29 is 51.9 Å². The topological polar surface area (TPSA) is 204 Å². The van der Waals surface area contributed by atoms with E-state index in [0.717, 1.165) is 6.07 Å². The standard InChI is InChI=1S/C15H11ClF3NO4.C5H12NO4P.H3N/c1-8(14(21)22)23-10-2-4-11(5-3-10)24-13-12(16)6-9(7-20-13)15(17,18)19;1-11(9,10)3-2-4(6)5(7)8;/h2-8H,1H3,(H,21,22);4H,2-3,6H2,1H3,(H,7,8)(H,9,10);1H3. The lowest BCUT2D eigenvalue weighted by atomic mass is 10.2. The number of hydrogen-bond donors (Lipinski definition) is 5. The molecule has 0 bridgehead atoms. The van der Waals surface area contributed by atoms with Crippen LogP contribution in [0.2, 0.25) is 5.02 Å². The highest BCUT2D eigenvalue weighted by Crippen LogP contribution is 2.36. The molecule has 0 spiro atoms. The number of rotatable bonds is 9. The van der Waals surface area contributed by atoms with Gasteiger partial charge in [-0.1, -0.05) is 11.6 Å². The van der Waals surface area contributed by atoms with Crippen LogP contribution < -0.4 is 21.4 Å². The quantitative estimate of drug-likeness (QED) is 0.274. The van der Waals surface area contributed by atoms with Gasteiger partial charge in [0.25, 0.3) is 0 Å². The van der Waals surface area contributed by atoms with Crippen LogP contribution in [0.1, 0.15) is 18.9 Å². The Bertz CT molecular complexity index is 1070. The second-order valence-electron chi connectivity index (χ2n) is 7.19. The maximum Gasteiger partial charge on any atom is 0.417 e. The van der Waals surface area contributed by atoms with Gasteiger partial charge in [-0.25, -0.2) is 9.78 Å². The summed E-state index contributed by atoms with van der Waals surface area (Å²) in [5, 5.41) is 16.7. The largest absolute Gasteiger partial charge is 0.480 e. The fourth-order valence-electron chi connectivity index (χ4n) is 2.11. The molecule has 8 N–H and O–H groups in total. The summed E-state index contributed by atoms with van der Waals surface area (Å²) in [6.07, 6.45) is -4.95. The van der Waals surface area contributed by atoms with Gasteiger partial charge in [0, 0.05) is 19.0 Å². The number of aromatic nitrogens is 1. The van der Waals surface area contributed by atoms with Crippen LogP contribution in [0.4, 0.5) is 13.2 Å². The van der Waals surface area contributed by atoms with Crippen LogP contribution in [0.25, 0.3) is 0 Å². The van der Waals surface area contributed by atoms with Gasteiger partial charge in [0.2, 0.25) is 5.88 Å². The molecule has 1 aromatic carbocycles. The molecule has 36 heavy (non-hydrogen) atoms. The molecule has 3 unspecified atom stereocenters. The number of alkyl halides is 3. The number of aliphatic carboxylic acids is 2. The molecule has 0 radical (unpaired) electrons. The van der Waals surface area contributed by atoms with E-state index in [9.17, 15) is 27.3 Å². The van der Waals surface area contributed by atoms with Crippen LogP contribution in [0.15, 0.2) is 36.5 Å². The summed E-state index contributed by atoms with van der Waals surface area (Å²) in [6.45, 7) is 2.56. The minimum absolute atomic E-state index is 0. The number of halogens is 4. The lowest BCUT2D eigenvalue weighted by Gasteiger charge is -2.12. The van der Waals surface area contributed by atoms with Gasteiger partial charge in [-0.2, -0.15) is 13.2 Å². The van der Waals surface area contributed by atoms with Crippen molar-refractivity contribution in [2.24, 2.45) is 5.73 Å². The van der Waals surface area contributed by atoms with Crippen LogP contribution in [-0.2, 0) is 20.3 Å².